The van der Waals surface area contributed by atoms with Crippen LogP contribution < -0.4 is 0 Å². The molecular weight excluding hydrogens is 208 g/mol. The lowest BCUT2D eigenvalue weighted by Crippen LogP contribution is -2.06. The summed E-state index contributed by atoms with van der Waals surface area (Å²) in [4.78, 5) is 9.94. The highest BCUT2D eigenvalue weighted by Crippen LogP contribution is 2.06. The zero-order chi connectivity index (χ0) is 8.53. The Kier molecular flexibility index (Phi) is 8.29. The molecule has 0 heterocycles. The molecule has 1 N–H and O–H groups in total. The van der Waals surface area contributed by atoms with E-state index in [1.54, 1.807) is 0 Å². The molecule has 2 nitrogen and oxygen atoms in total. The number of aldehydes is 1. The molecule has 0 fully saturated rings. The molecule has 0 aromatic rings. The number of hydrogen-bond donors (Lipinski definition) is 1. The number of aliphatic hydroxyl groups is 1. The van der Waals surface area contributed by atoms with Crippen molar-refractivity contribution in [3.8, 4) is 0 Å². The molecule has 0 aromatic carbocycles. The van der Waals surface area contributed by atoms with Gasteiger partial charge in [0.2, 0.25) is 0 Å². The first-order valence-electron chi connectivity index (χ1n) is 3.99. The number of aliphatic hydroxyl groups excluding tert-OH is 1. The fourth-order valence-electron chi connectivity index (χ4n) is 0.880. The normalized spacial score (nSPS) is 12.9. The maximum atomic E-state index is 9.94. The molecule has 11 heavy (non-hydrogen) atoms. The third kappa shape index (κ3) is 8.01. The van der Waals surface area contributed by atoms with Crippen LogP contribution in [0.25, 0.3) is 0 Å². The van der Waals surface area contributed by atoms with E-state index in [0.717, 1.165) is 37.3 Å². The Hall–Kier alpha value is 0.110. The maximum absolute atomic E-state index is 9.94. The predicted molar refractivity (Wildman–Crippen MR) is 48.9 cm³/mol. The van der Waals surface area contributed by atoms with Crippen molar-refractivity contribution < 1.29 is 9.90 Å². The summed E-state index contributed by atoms with van der Waals surface area (Å²) in [6.07, 6.45) is 4.69. The van der Waals surface area contributed by atoms with Crippen LogP contribution in [-0.4, -0.2) is 22.8 Å². The van der Waals surface area contributed by atoms with E-state index < -0.39 is 6.10 Å². The van der Waals surface area contributed by atoms with Gasteiger partial charge in [0.1, 0.15) is 6.29 Å². The zero-order valence-corrected chi connectivity index (χ0v) is 8.22. The summed E-state index contributed by atoms with van der Waals surface area (Å²) in [6, 6.07) is 0. The zero-order valence-electron chi connectivity index (χ0n) is 6.63. The maximum Gasteiger partial charge on any atom is 0.122 e. The fourth-order valence-corrected chi connectivity index (χ4v) is 1.28. The fraction of sp³-hybridized carbons (Fsp3) is 0.875. The molecule has 0 unspecified atom stereocenters. The summed E-state index contributed by atoms with van der Waals surface area (Å²) in [5.41, 5.74) is 0. The lowest BCUT2D eigenvalue weighted by Gasteiger charge is -2.04. The SMILES string of the molecule is O=CC[C@@H](O)CCCCCBr. The van der Waals surface area contributed by atoms with Crippen LogP contribution in [0.5, 0.6) is 0 Å². The van der Waals surface area contributed by atoms with Gasteiger partial charge in [0.25, 0.3) is 0 Å². The molecule has 66 valence electrons. The van der Waals surface area contributed by atoms with E-state index >= 15 is 0 Å². The van der Waals surface area contributed by atoms with Gasteiger partial charge in [-0.05, 0) is 12.8 Å². The van der Waals surface area contributed by atoms with E-state index in [1.807, 2.05) is 0 Å². The number of unbranched alkanes of at least 4 members (excludes halogenated alkanes) is 2. The van der Waals surface area contributed by atoms with Gasteiger partial charge in [-0.15, -0.1) is 0 Å². The minimum absolute atomic E-state index is 0.286. The van der Waals surface area contributed by atoms with E-state index in [1.165, 1.54) is 0 Å². The molecule has 0 aliphatic carbocycles. The first-order chi connectivity index (χ1) is 5.31. The van der Waals surface area contributed by atoms with Gasteiger partial charge < -0.3 is 9.90 Å². The monoisotopic (exact) mass is 222 g/mol. The van der Waals surface area contributed by atoms with Gasteiger partial charge in [-0.25, -0.2) is 0 Å². The molecule has 0 saturated carbocycles. The molecule has 0 aliphatic heterocycles. The van der Waals surface area contributed by atoms with E-state index in [0.29, 0.717) is 0 Å². The molecule has 0 aromatic heterocycles. The number of rotatable bonds is 7. The van der Waals surface area contributed by atoms with Gasteiger partial charge in [-0.2, -0.15) is 0 Å². The van der Waals surface area contributed by atoms with Crippen LogP contribution in [-0.2, 0) is 4.79 Å². The Bertz CT molecular complexity index is 96.1. The van der Waals surface area contributed by atoms with Crippen LogP contribution in [0.4, 0.5) is 0 Å². The van der Waals surface area contributed by atoms with E-state index in [9.17, 15) is 4.79 Å². The molecule has 0 spiro atoms. The van der Waals surface area contributed by atoms with Crippen molar-refractivity contribution in [1.29, 1.82) is 0 Å². The van der Waals surface area contributed by atoms with Crippen molar-refractivity contribution in [2.45, 2.75) is 38.2 Å². The number of carbonyl (C=O) groups excluding carboxylic acids is 1. The Morgan fingerprint density at radius 1 is 1.36 bits per heavy atom. The molecule has 1 atom stereocenters. The van der Waals surface area contributed by atoms with Gasteiger partial charge in [-0.3, -0.25) is 0 Å². The highest BCUT2D eigenvalue weighted by molar-refractivity contribution is 9.09. The quantitative estimate of drug-likeness (QED) is 0.406. The van der Waals surface area contributed by atoms with E-state index in [-0.39, 0.29) is 6.42 Å². The first-order valence-corrected chi connectivity index (χ1v) is 5.11. The van der Waals surface area contributed by atoms with Crippen LogP contribution in [0, 0.1) is 0 Å². The summed E-state index contributed by atoms with van der Waals surface area (Å²) < 4.78 is 0. The third-order valence-corrected chi connectivity index (χ3v) is 2.10. The van der Waals surface area contributed by atoms with Crippen molar-refractivity contribution in [1.82, 2.24) is 0 Å². The largest absolute Gasteiger partial charge is 0.393 e. The van der Waals surface area contributed by atoms with Gasteiger partial charge in [0.05, 0.1) is 6.10 Å². The lowest BCUT2D eigenvalue weighted by atomic mass is 10.1. The number of hydrogen-bond acceptors (Lipinski definition) is 2. The molecule has 0 saturated heterocycles. The Morgan fingerprint density at radius 3 is 2.64 bits per heavy atom. The van der Waals surface area contributed by atoms with Gasteiger partial charge >= 0.3 is 0 Å². The molecule has 0 aliphatic rings. The Balaban J connectivity index is 3.03. The van der Waals surface area contributed by atoms with Crippen LogP contribution in [0.15, 0.2) is 0 Å². The first kappa shape index (κ1) is 11.1. The molecule has 0 radical (unpaired) electrons. The van der Waals surface area contributed by atoms with Crippen molar-refractivity contribution in [3.63, 3.8) is 0 Å². The summed E-state index contributed by atoms with van der Waals surface area (Å²) in [6.45, 7) is 0. The molecule has 0 rings (SSSR count). The van der Waals surface area contributed by atoms with Crippen molar-refractivity contribution in [3.05, 3.63) is 0 Å². The van der Waals surface area contributed by atoms with Crippen LogP contribution in [0.2, 0.25) is 0 Å². The second-order valence-electron chi connectivity index (χ2n) is 2.59. The standard InChI is InChI=1S/C8H15BrO2/c9-6-3-1-2-4-8(11)5-7-10/h7-8,11H,1-6H2/t8-/m0/s1. The third-order valence-electron chi connectivity index (χ3n) is 1.54. The van der Waals surface area contributed by atoms with E-state index in [2.05, 4.69) is 15.9 Å². The van der Waals surface area contributed by atoms with Crippen molar-refractivity contribution >= 4 is 22.2 Å². The highest BCUT2D eigenvalue weighted by Gasteiger charge is 2.01. The van der Waals surface area contributed by atoms with E-state index in [4.69, 9.17) is 5.11 Å². The molecule has 0 amide bonds. The molecule has 3 heteroatoms. The van der Waals surface area contributed by atoms with Crippen molar-refractivity contribution in [2.24, 2.45) is 0 Å². The average Bonchev–Trinajstić information content (AvgIpc) is 1.99. The second-order valence-corrected chi connectivity index (χ2v) is 3.39. The molecule has 0 bridgehead atoms. The molecular formula is C8H15BrO2. The summed E-state index contributed by atoms with van der Waals surface area (Å²) in [7, 11) is 0. The summed E-state index contributed by atoms with van der Waals surface area (Å²) in [5, 5.41) is 10.1. The van der Waals surface area contributed by atoms with Gasteiger partial charge in [-0.1, -0.05) is 28.8 Å². The number of halogens is 1. The topological polar surface area (TPSA) is 37.3 Å². The average molecular weight is 223 g/mol. The highest BCUT2D eigenvalue weighted by atomic mass is 79.9. The van der Waals surface area contributed by atoms with Crippen molar-refractivity contribution in [2.75, 3.05) is 5.33 Å². The van der Waals surface area contributed by atoms with Gasteiger partial charge in [0, 0.05) is 11.8 Å². The summed E-state index contributed by atoms with van der Waals surface area (Å²) >= 11 is 3.33. The summed E-state index contributed by atoms with van der Waals surface area (Å²) in [5.74, 6) is 0. The smallest absolute Gasteiger partial charge is 0.122 e. The van der Waals surface area contributed by atoms with Crippen LogP contribution in [0.1, 0.15) is 32.1 Å². The Morgan fingerprint density at radius 2 is 2.09 bits per heavy atom. The minimum Gasteiger partial charge on any atom is -0.393 e. The number of alkyl halides is 1. The minimum atomic E-state index is -0.414. The lowest BCUT2D eigenvalue weighted by molar-refractivity contribution is -0.109. The Labute approximate surface area is 76.1 Å². The number of carbonyl (C=O) groups is 1. The van der Waals surface area contributed by atoms with Crippen LogP contribution >= 0.6 is 15.9 Å². The van der Waals surface area contributed by atoms with Gasteiger partial charge in [0.15, 0.2) is 0 Å². The second kappa shape index (κ2) is 8.21. The van der Waals surface area contributed by atoms with Crippen LogP contribution in [0.3, 0.4) is 0 Å². The predicted octanol–water partition coefficient (Wildman–Crippen LogP) is 1.89.